The third-order valence-electron chi connectivity index (χ3n) is 9.53. The van der Waals surface area contributed by atoms with Crippen molar-refractivity contribution in [3.8, 4) is 17.6 Å². The maximum absolute atomic E-state index is 14.6. The number of rotatable bonds is 13. The summed E-state index contributed by atoms with van der Waals surface area (Å²) in [4.78, 5) is 32.0. The molecule has 1 fully saturated rings. The van der Waals surface area contributed by atoms with Crippen molar-refractivity contribution in [1.29, 1.82) is 5.26 Å². The van der Waals surface area contributed by atoms with E-state index in [-0.39, 0.29) is 41.8 Å². The summed E-state index contributed by atoms with van der Waals surface area (Å²) < 4.78 is 23.6. The van der Waals surface area contributed by atoms with Crippen LogP contribution in [0, 0.1) is 11.3 Å². The number of hydrogen-bond donors (Lipinski definition) is 2. The van der Waals surface area contributed by atoms with Crippen molar-refractivity contribution in [3.05, 3.63) is 99.0 Å². The number of benzene rings is 4. The second-order valence-corrected chi connectivity index (χ2v) is 14.7. The minimum absolute atomic E-state index is 0.139. The van der Waals surface area contributed by atoms with E-state index in [9.17, 15) is 19.1 Å². The first-order valence-corrected chi connectivity index (χ1v) is 18.9. The fourth-order valence-electron chi connectivity index (χ4n) is 6.86. The zero-order valence-corrected chi connectivity index (χ0v) is 31.1. The molecular weight excluding hydrogens is 709 g/mol. The van der Waals surface area contributed by atoms with Crippen LogP contribution >= 0.6 is 23.2 Å². The molecule has 0 radical (unpaired) electrons. The lowest BCUT2D eigenvalue weighted by molar-refractivity contribution is -0.121. The summed E-state index contributed by atoms with van der Waals surface area (Å²) in [6, 6.07) is 22.3. The Morgan fingerprint density at radius 2 is 1.80 bits per heavy atom. The molecular formula is C38H41Cl2N5O5S. The number of ether oxygens (including phenoxy) is 2. The highest BCUT2D eigenvalue weighted by molar-refractivity contribution is 7.84. The summed E-state index contributed by atoms with van der Waals surface area (Å²) in [5.74, 6) is 5.34. The van der Waals surface area contributed by atoms with Crippen molar-refractivity contribution in [1.82, 2.24) is 15.2 Å². The van der Waals surface area contributed by atoms with Crippen LogP contribution in [0.3, 0.4) is 0 Å². The van der Waals surface area contributed by atoms with Crippen LogP contribution in [0.4, 0.5) is 0 Å². The van der Waals surface area contributed by atoms with Gasteiger partial charge in [0.25, 0.3) is 11.8 Å². The molecule has 5 rings (SSSR count). The zero-order valence-electron chi connectivity index (χ0n) is 28.8. The number of fused-ring (bicyclic) bond motifs is 1. The molecule has 1 aliphatic heterocycles. The number of nitrogens with one attached hydrogen (secondary N) is 1. The number of nitrogens with two attached hydrogens (primary N) is 1. The van der Waals surface area contributed by atoms with Gasteiger partial charge in [-0.25, -0.2) is 5.84 Å². The second kappa shape index (κ2) is 17.4. The van der Waals surface area contributed by atoms with Crippen molar-refractivity contribution in [3.63, 3.8) is 0 Å². The Balaban J connectivity index is 1.42. The summed E-state index contributed by atoms with van der Waals surface area (Å²) in [6.07, 6.45) is 4.13. The van der Waals surface area contributed by atoms with Crippen molar-refractivity contribution in [2.24, 2.45) is 5.84 Å². The first-order valence-electron chi connectivity index (χ1n) is 16.6. The van der Waals surface area contributed by atoms with Crippen molar-refractivity contribution < 1.29 is 23.3 Å². The molecule has 1 aliphatic rings. The van der Waals surface area contributed by atoms with E-state index in [0.29, 0.717) is 39.5 Å². The molecule has 51 heavy (non-hydrogen) atoms. The average Bonchev–Trinajstić information content (AvgIpc) is 3.15. The Kier molecular flexibility index (Phi) is 13.0. The number of likely N-dealkylation sites (tertiary alicyclic amines) is 1. The normalized spacial score (nSPS) is 14.8. The molecule has 268 valence electrons. The number of halogens is 2. The van der Waals surface area contributed by atoms with Gasteiger partial charge in [-0.3, -0.25) is 19.2 Å². The maximum Gasteiger partial charge on any atom is 0.258 e. The van der Waals surface area contributed by atoms with Crippen LogP contribution in [0.2, 0.25) is 10.0 Å². The lowest BCUT2D eigenvalue weighted by Crippen LogP contribution is -2.45. The van der Waals surface area contributed by atoms with Crippen LogP contribution in [0.1, 0.15) is 58.1 Å². The summed E-state index contributed by atoms with van der Waals surface area (Å²) in [7, 11) is 1.87. The van der Waals surface area contributed by atoms with Crippen molar-refractivity contribution >= 4 is 56.6 Å². The zero-order chi connectivity index (χ0) is 36.7. The predicted molar refractivity (Wildman–Crippen MR) is 201 cm³/mol. The standard InChI is InChI=1S/C38H41Cl2N5O5S/c1-49-29-9-10-30(34(20-29)51(3)48)24-12-15-44(16-13-24)17-14-27(25-8-11-32(39)33(40)19-25)22-45(23-35(46)43-42)38(47)36-31-7-5-4-6-26(31)18-28(21-41)37(36)50-2/h4-11,18-20,24,27H,12-17,22-23,42H2,1-3H3,(H,43,46). The molecule has 1 saturated heterocycles. The van der Waals surface area contributed by atoms with Crippen molar-refractivity contribution in [2.75, 3.05) is 53.2 Å². The number of nitrogens with zero attached hydrogens (tertiary/aromatic N) is 3. The first-order chi connectivity index (χ1) is 24.6. The highest BCUT2D eigenvalue weighted by Gasteiger charge is 2.30. The van der Waals surface area contributed by atoms with Gasteiger partial charge in [-0.1, -0.05) is 59.6 Å². The lowest BCUT2D eigenvalue weighted by Gasteiger charge is -2.34. The Hall–Kier alpha value is -4.18. The molecule has 3 N–H and O–H groups in total. The fourth-order valence-corrected chi connectivity index (χ4v) is 8.02. The molecule has 0 aromatic heterocycles. The smallest absolute Gasteiger partial charge is 0.258 e. The van der Waals surface area contributed by atoms with Crippen LogP contribution in [0.5, 0.6) is 11.5 Å². The van der Waals surface area contributed by atoms with Gasteiger partial charge in [-0.2, -0.15) is 5.26 Å². The quantitative estimate of drug-likeness (QED) is 0.0929. The number of amides is 2. The van der Waals surface area contributed by atoms with Gasteiger partial charge in [0.05, 0.1) is 46.2 Å². The Morgan fingerprint density at radius 3 is 2.45 bits per heavy atom. The van der Waals surface area contributed by atoms with Crippen LogP contribution < -0.4 is 20.7 Å². The van der Waals surface area contributed by atoms with E-state index in [1.807, 2.05) is 36.4 Å². The van der Waals surface area contributed by atoms with Crippen LogP contribution in [-0.4, -0.2) is 79.0 Å². The van der Waals surface area contributed by atoms with Gasteiger partial charge in [-0.05, 0) is 97.0 Å². The molecule has 0 saturated carbocycles. The van der Waals surface area contributed by atoms with E-state index in [1.54, 1.807) is 43.7 Å². The maximum atomic E-state index is 14.6. The number of hydrazine groups is 1. The van der Waals surface area contributed by atoms with E-state index >= 15 is 0 Å². The van der Waals surface area contributed by atoms with Gasteiger partial charge in [-0.15, -0.1) is 0 Å². The lowest BCUT2D eigenvalue weighted by atomic mass is 9.88. The number of carbonyl (C=O) groups is 2. The Morgan fingerprint density at radius 1 is 1.06 bits per heavy atom. The van der Waals surface area contributed by atoms with Crippen molar-refractivity contribution in [2.45, 2.75) is 36.0 Å². The minimum Gasteiger partial charge on any atom is -0.497 e. The Labute approximate surface area is 310 Å². The van der Waals surface area contributed by atoms with Crippen LogP contribution in [0.25, 0.3) is 10.8 Å². The van der Waals surface area contributed by atoms with Gasteiger partial charge in [0.15, 0.2) is 0 Å². The van der Waals surface area contributed by atoms with E-state index < -0.39 is 22.6 Å². The molecule has 0 aliphatic carbocycles. The number of hydrogen-bond acceptors (Lipinski definition) is 8. The molecule has 13 heteroatoms. The summed E-state index contributed by atoms with van der Waals surface area (Å²) in [5.41, 5.74) is 4.51. The highest BCUT2D eigenvalue weighted by Crippen LogP contribution is 2.36. The molecule has 10 nitrogen and oxygen atoms in total. The average molecular weight is 751 g/mol. The third-order valence-corrected chi connectivity index (χ3v) is 11.2. The molecule has 2 amide bonds. The highest BCUT2D eigenvalue weighted by atomic mass is 35.5. The van der Waals surface area contributed by atoms with Gasteiger partial charge >= 0.3 is 0 Å². The first kappa shape index (κ1) is 38.1. The number of piperidine rings is 1. The molecule has 4 aromatic rings. The SMILES string of the molecule is COc1ccc(C2CCN(CCC(CN(CC(=O)NN)C(=O)c3c(OC)c(C#N)cc4ccccc34)c3ccc(Cl)c(Cl)c3)CC2)c(S(C)=O)c1. The molecule has 4 aromatic carbocycles. The topological polar surface area (TPSA) is 138 Å². The van der Waals surface area contributed by atoms with E-state index in [1.165, 1.54) is 12.0 Å². The second-order valence-electron chi connectivity index (χ2n) is 12.6. The van der Waals surface area contributed by atoms with E-state index in [2.05, 4.69) is 16.4 Å². The molecule has 0 bridgehead atoms. The van der Waals surface area contributed by atoms with Gasteiger partial charge in [0.1, 0.15) is 24.1 Å². The molecule has 2 atom stereocenters. The van der Waals surface area contributed by atoms with E-state index in [0.717, 1.165) is 42.0 Å². The largest absolute Gasteiger partial charge is 0.497 e. The van der Waals surface area contributed by atoms with Gasteiger partial charge in [0.2, 0.25) is 0 Å². The van der Waals surface area contributed by atoms with Crippen LogP contribution in [0.15, 0.2) is 71.6 Å². The number of methoxy groups -OCH3 is 2. The van der Waals surface area contributed by atoms with Gasteiger partial charge in [0, 0.05) is 23.6 Å². The molecule has 1 heterocycles. The summed E-state index contributed by atoms with van der Waals surface area (Å²) >= 11 is 12.8. The number of carbonyl (C=O) groups excluding carboxylic acids is 2. The summed E-state index contributed by atoms with van der Waals surface area (Å²) in [5, 5.41) is 12.0. The van der Waals surface area contributed by atoms with Gasteiger partial charge < -0.3 is 19.3 Å². The van der Waals surface area contributed by atoms with Crippen LogP contribution in [-0.2, 0) is 15.6 Å². The fraction of sp³-hybridized carbons (Fsp3) is 0.342. The molecule has 2 unspecified atom stereocenters. The van der Waals surface area contributed by atoms with E-state index in [4.69, 9.17) is 38.5 Å². The Bertz CT molecular complexity index is 1980. The monoisotopic (exact) mass is 749 g/mol. The minimum atomic E-state index is -1.14. The molecule has 0 spiro atoms. The third kappa shape index (κ3) is 8.83. The number of nitriles is 1. The predicted octanol–water partition coefficient (Wildman–Crippen LogP) is 6.26. The summed E-state index contributed by atoms with van der Waals surface area (Å²) in [6.45, 7) is 2.21.